The van der Waals surface area contributed by atoms with Crippen LogP contribution in [0.2, 0.25) is 0 Å². The molecule has 0 aromatic heterocycles. The Kier molecular flexibility index (Phi) is 3.87. The summed E-state index contributed by atoms with van der Waals surface area (Å²) in [6.07, 6.45) is 2.29. The van der Waals surface area contributed by atoms with Crippen molar-refractivity contribution in [1.82, 2.24) is 0 Å². The van der Waals surface area contributed by atoms with Crippen LogP contribution in [-0.4, -0.2) is 25.5 Å². The van der Waals surface area contributed by atoms with Crippen LogP contribution >= 0.6 is 0 Å². The predicted octanol–water partition coefficient (Wildman–Crippen LogP) is 1.27. The average molecular weight is 247 g/mol. The molecule has 1 unspecified atom stereocenters. The van der Waals surface area contributed by atoms with Gasteiger partial charge in [0.2, 0.25) is 0 Å². The molecule has 18 heavy (non-hydrogen) atoms. The molecule has 4 nitrogen and oxygen atoms in total. The van der Waals surface area contributed by atoms with Gasteiger partial charge in [0.25, 0.3) is 5.91 Å². The number of primary amides is 1. The van der Waals surface area contributed by atoms with E-state index in [4.69, 9.17) is 11.5 Å². The molecule has 4 N–H and O–H groups in total. The molecule has 0 saturated carbocycles. The Balaban J connectivity index is 2.31. The summed E-state index contributed by atoms with van der Waals surface area (Å²) in [6, 6.07) is 5.78. The van der Waals surface area contributed by atoms with Crippen molar-refractivity contribution in [2.45, 2.75) is 19.8 Å². The quantitative estimate of drug-likeness (QED) is 0.845. The first-order valence-corrected chi connectivity index (χ1v) is 6.47. The van der Waals surface area contributed by atoms with E-state index in [-0.39, 0.29) is 5.91 Å². The lowest BCUT2D eigenvalue weighted by Gasteiger charge is -2.35. The van der Waals surface area contributed by atoms with Crippen LogP contribution in [-0.2, 0) is 0 Å². The summed E-state index contributed by atoms with van der Waals surface area (Å²) >= 11 is 0. The van der Waals surface area contributed by atoms with E-state index in [9.17, 15) is 4.79 Å². The maximum absolute atomic E-state index is 11.5. The minimum atomic E-state index is -0.361. The van der Waals surface area contributed by atoms with Gasteiger partial charge in [-0.25, -0.2) is 0 Å². The monoisotopic (exact) mass is 247 g/mol. The molecule has 1 aliphatic heterocycles. The van der Waals surface area contributed by atoms with E-state index in [0.29, 0.717) is 18.0 Å². The lowest BCUT2D eigenvalue weighted by atomic mass is 9.96. The Bertz CT molecular complexity index is 445. The van der Waals surface area contributed by atoms with Crippen LogP contribution in [0.15, 0.2) is 18.2 Å². The molecule has 4 heteroatoms. The summed E-state index contributed by atoms with van der Waals surface area (Å²) in [5, 5.41) is 0. The number of piperidine rings is 1. The van der Waals surface area contributed by atoms with Gasteiger partial charge in [-0.1, -0.05) is 6.07 Å². The van der Waals surface area contributed by atoms with Crippen molar-refractivity contribution < 1.29 is 4.79 Å². The molecular formula is C14H21N3O. The molecule has 1 aliphatic rings. The zero-order chi connectivity index (χ0) is 13.1. The summed E-state index contributed by atoms with van der Waals surface area (Å²) in [6.45, 7) is 4.62. The summed E-state index contributed by atoms with van der Waals surface area (Å²) in [7, 11) is 0. The zero-order valence-electron chi connectivity index (χ0n) is 10.9. The number of aryl methyl sites for hydroxylation is 1. The highest BCUT2D eigenvalue weighted by Gasteiger charge is 2.22. The van der Waals surface area contributed by atoms with Gasteiger partial charge in [0, 0.05) is 18.8 Å². The van der Waals surface area contributed by atoms with Gasteiger partial charge in [-0.2, -0.15) is 0 Å². The van der Waals surface area contributed by atoms with Crippen molar-refractivity contribution in [2.75, 3.05) is 24.5 Å². The molecule has 0 spiro atoms. The topological polar surface area (TPSA) is 72.4 Å². The molecule has 1 atom stereocenters. The van der Waals surface area contributed by atoms with E-state index in [1.54, 1.807) is 0 Å². The maximum Gasteiger partial charge on any atom is 0.250 e. The normalized spacial score (nSPS) is 19.9. The number of carbonyl (C=O) groups excluding carboxylic acids is 1. The SMILES string of the molecule is Cc1ccc(C(N)=O)c(N2CCCC(CN)C2)c1. The minimum Gasteiger partial charge on any atom is -0.371 e. The third-order valence-electron chi connectivity index (χ3n) is 3.61. The molecule has 1 saturated heterocycles. The summed E-state index contributed by atoms with van der Waals surface area (Å²) in [4.78, 5) is 13.7. The number of rotatable bonds is 3. The zero-order valence-corrected chi connectivity index (χ0v) is 10.9. The fraction of sp³-hybridized carbons (Fsp3) is 0.500. The number of benzene rings is 1. The van der Waals surface area contributed by atoms with Gasteiger partial charge in [-0.05, 0) is 49.9 Å². The third kappa shape index (κ3) is 2.64. The van der Waals surface area contributed by atoms with Gasteiger partial charge in [0.15, 0.2) is 0 Å². The Labute approximate surface area is 108 Å². The second kappa shape index (κ2) is 5.40. The van der Waals surface area contributed by atoms with Crippen molar-refractivity contribution in [2.24, 2.45) is 17.4 Å². The van der Waals surface area contributed by atoms with E-state index < -0.39 is 0 Å². The molecule has 1 amide bonds. The first kappa shape index (κ1) is 12.9. The van der Waals surface area contributed by atoms with Gasteiger partial charge in [0.05, 0.1) is 5.56 Å². The Morgan fingerprint density at radius 2 is 2.28 bits per heavy atom. The molecule has 0 aliphatic carbocycles. The van der Waals surface area contributed by atoms with Gasteiger partial charge in [-0.3, -0.25) is 4.79 Å². The largest absolute Gasteiger partial charge is 0.371 e. The predicted molar refractivity (Wildman–Crippen MR) is 73.7 cm³/mol. The summed E-state index contributed by atoms with van der Waals surface area (Å²) in [5.74, 6) is 0.153. The molecule has 1 aromatic rings. The molecule has 2 rings (SSSR count). The van der Waals surface area contributed by atoms with Crippen LogP contribution in [0.1, 0.15) is 28.8 Å². The van der Waals surface area contributed by atoms with Crippen LogP contribution < -0.4 is 16.4 Å². The van der Waals surface area contributed by atoms with Crippen molar-refractivity contribution in [3.63, 3.8) is 0 Å². The smallest absolute Gasteiger partial charge is 0.250 e. The molecule has 98 valence electrons. The van der Waals surface area contributed by atoms with E-state index in [2.05, 4.69) is 4.90 Å². The molecule has 1 fully saturated rings. The molecule has 1 heterocycles. The van der Waals surface area contributed by atoms with E-state index >= 15 is 0 Å². The fourth-order valence-corrected chi connectivity index (χ4v) is 2.59. The number of hydrogen-bond acceptors (Lipinski definition) is 3. The number of nitrogens with two attached hydrogens (primary N) is 2. The van der Waals surface area contributed by atoms with Crippen LogP contribution in [0, 0.1) is 12.8 Å². The average Bonchev–Trinajstić information content (AvgIpc) is 2.38. The highest BCUT2D eigenvalue weighted by molar-refractivity contribution is 5.98. The van der Waals surface area contributed by atoms with E-state index in [1.165, 1.54) is 6.42 Å². The van der Waals surface area contributed by atoms with Crippen LogP contribution in [0.4, 0.5) is 5.69 Å². The maximum atomic E-state index is 11.5. The van der Waals surface area contributed by atoms with Gasteiger partial charge in [0.1, 0.15) is 0 Å². The first-order valence-electron chi connectivity index (χ1n) is 6.47. The van der Waals surface area contributed by atoms with Crippen LogP contribution in [0.5, 0.6) is 0 Å². The van der Waals surface area contributed by atoms with Crippen molar-refractivity contribution >= 4 is 11.6 Å². The highest BCUT2D eigenvalue weighted by atomic mass is 16.1. The second-order valence-electron chi connectivity index (χ2n) is 5.07. The van der Waals surface area contributed by atoms with Gasteiger partial charge >= 0.3 is 0 Å². The number of amides is 1. The third-order valence-corrected chi connectivity index (χ3v) is 3.61. The lowest BCUT2D eigenvalue weighted by Crippen LogP contribution is -2.39. The van der Waals surface area contributed by atoms with Crippen LogP contribution in [0.25, 0.3) is 0 Å². The number of carbonyl (C=O) groups is 1. The Hall–Kier alpha value is -1.55. The molecule has 0 radical (unpaired) electrons. The standard InChI is InChI=1S/C14H21N3O/c1-10-4-5-12(14(16)18)13(7-10)17-6-2-3-11(8-15)9-17/h4-5,7,11H,2-3,6,8-9,15H2,1H3,(H2,16,18). The van der Waals surface area contributed by atoms with Gasteiger partial charge in [-0.15, -0.1) is 0 Å². The Morgan fingerprint density at radius 3 is 2.94 bits per heavy atom. The number of anilines is 1. The lowest BCUT2D eigenvalue weighted by molar-refractivity contribution is 0.100. The van der Waals surface area contributed by atoms with Gasteiger partial charge < -0.3 is 16.4 Å². The van der Waals surface area contributed by atoms with E-state index in [1.807, 2.05) is 25.1 Å². The number of nitrogens with zero attached hydrogens (tertiary/aromatic N) is 1. The highest BCUT2D eigenvalue weighted by Crippen LogP contribution is 2.27. The van der Waals surface area contributed by atoms with Crippen molar-refractivity contribution in [1.29, 1.82) is 0 Å². The summed E-state index contributed by atoms with van der Waals surface area (Å²) in [5.41, 5.74) is 13.9. The first-order chi connectivity index (χ1) is 8.61. The molecule has 1 aromatic carbocycles. The van der Waals surface area contributed by atoms with Crippen molar-refractivity contribution in [3.05, 3.63) is 29.3 Å². The van der Waals surface area contributed by atoms with E-state index in [0.717, 1.165) is 30.8 Å². The minimum absolute atomic E-state index is 0.361. The summed E-state index contributed by atoms with van der Waals surface area (Å²) < 4.78 is 0. The second-order valence-corrected chi connectivity index (χ2v) is 5.07. The molecule has 0 bridgehead atoms. The number of hydrogen-bond donors (Lipinski definition) is 2. The molecular weight excluding hydrogens is 226 g/mol. The fourth-order valence-electron chi connectivity index (χ4n) is 2.59. The van der Waals surface area contributed by atoms with Crippen molar-refractivity contribution in [3.8, 4) is 0 Å². The Morgan fingerprint density at radius 1 is 1.50 bits per heavy atom. The van der Waals surface area contributed by atoms with Crippen LogP contribution in [0.3, 0.4) is 0 Å².